The molecule has 0 fully saturated rings. The maximum Gasteiger partial charge on any atom is 0.276 e. The second kappa shape index (κ2) is 10.6. The van der Waals surface area contributed by atoms with Crippen LogP contribution in [0.15, 0.2) is 51.9 Å². The van der Waals surface area contributed by atoms with Crippen molar-refractivity contribution in [2.24, 2.45) is 0 Å². The molecule has 4 aromatic rings. The molecule has 0 N–H and O–H groups in total. The van der Waals surface area contributed by atoms with Gasteiger partial charge in [0.25, 0.3) is 5.56 Å². The van der Waals surface area contributed by atoms with E-state index in [9.17, 15) is 4.79 Å². The third-order valence-electron chi connectivity index (χ3n) is 5.74. The van der Waals surface area contributed by atoms with Crippen LogP contribution < -0.4 is 15.0 Å². The Hall–Kier alpha value is -3.59. The first kappa shape index (κ1) is 25.5. The molecule has 0 unspecified atom stereocenters. The van der Waals surface area contributed by atoms with E-state index >= 15 is 0 Å². The van der Waals surface area contributed by atoms with Gasteiger partial charge in [0.1, 0.15) is 22.7 Å². The summed E-state index contributed by atoms with van der Waals surface area (Å²) in [6.45, 7) is 10.0. The van der Waals surface area contributed by atoms with E-state index in [0.29, 0.717) is 17.4 Å². The molecule has 9 heteroatoms. The molecule has 3 aromatic heterocycles. The molecule has 8 nitrogen and oxygen atoms in total. The summed E-state index contributed by atoms with van der Waals surface area (Å²) in [5.74, 6) is 2.19. The number of benzene rings is 1. The van der Waals surface area contributed by atoms with Gasteiger partial charge in [-0.05, 0) is 60.0 Å². The lowest BCUT2D eigenvalue weighted by molar-refractivity contribution is 0.282. The maximum absolute atomic E-state index is 13.5. The first-order valence-electron chi connectivity index (χ1n) is 11.6. The quantitative estimate of drug-likeness (QED) is 0.301. The van der Waals surface area contributed by atoms with Crippen LogP contribution in [0.1, 0.15) is 48.2 Å². The fourth-order valence-corrected chi connectivity index (χ4v) is 4.16. The highest BCUT2D eigenvalue weighted by molar-refractivity contribution is 9.10. The zero-order valence-electron chi connectivity index (χ0n) is 21.2. The summed E-state index contributed by atoms with van der Waals surface area (Å²) in [5.41, 5.74) is 4.78. The molecule has 0 radical (unpaired) electrons. The summed E-state index contributed by atoms with van der Waals surface area (Å²) in [7, 11) is 1.56. The summed E-state index contributed by atoms with van der Waals surface area (Å²) >= 11 is 3.40. The number of hydrogen-bond donors (Lipinski definition) is 0. The number of hydrogen-bond acceptors (Lipinski definition) is 7. The minimum atomic E-state index is -0.265. The summed E-state index contributed by atoms with van der Waals surface area (Å²) < 4.78 is 12.8. The lowest BCUT2D eigenvalue weighted by Crippen LogP contribution is -2.24. The molecule has 0 aliphatic rings. The van der Waals surface area contributed by atoms with Crippen molar-refractivity contribution >= 4 is 15.9 Å². The van der Waals surface area contributed by atoms with Crippen molar-refractivity contribution in [3.8, 4) is 28.7 Å². The lowest BCUT2D eigenvalue weighted by atomic mass is 10.0. The molecule has 4 rings (SSSR count). The Morgan fingerprint density at radius 2 is 1.81 bits per heavy atom. The van der Waals surface area contributed by atoms with Crippen molar-refractivity contribution < 1.29 is 9.47 Å². The van der Waals surface area contributed by atoms with Crippen molar-refractivity contribution in [2.45, 2.75) is 47.1 Å². The Morgan fingerprint density at radius 3 is 2.53 bits per heavy atom. The fourth-order valence-electron chi connectivity index (χ4n) is 3.78. The Bertz CT molecular complexity index is 1480. The predicted molar refractivity (Wildman–Crippen MR) is 142 cm³/mol. The minimum absolute atomic E-state index is 0.144. The number of nitrogens with zero attached hydrogens (tertiary/aromatic N) is 5. The predicted octanol–water partition coefficient (Wildman–Crippen LogP) is 5.48. The van der Waals surface area contributed by atoms with E-state index in [4.69, 9.17) is 14.5 Å². The standard InChI is InChI=1S/C27H28BrN5O3/c1-15(2)25-29-13-17(4)24(32-25)19-11-10-16(3)21(12-19)33-18(5)30-26(23(28)27(33)34)36-14-20-8-7-9-22(31-20)35-6/h7-13,15H,14H2,1-6H3. The first-order valence-corrected chi connectivity index (χ1v) is 12.4. The van der Waals surface area contributed by atoms with Crippen LogP contribution >= 0.6 is 15.9 Å². The van der Waals surface area contributed by atoms with E-state index in [2.05, 4.69) is 44.7 Å². The average molecular weight is 550 g/mol. The Labute approximate surface area is 218 Å². The van der Waals surface area contributed by atoms with E-state index in [1.165, 1.54) is 0 Å². The van der Waals surface area contributed by atoms with E-state index in [-0.39, 0.29) is 28.4 Å². The summed E-state index contributed by atoms with van der Waals surface area (Å²) in [6.07, 6.45) is 1.84. The van der Waals surface area contributed by atoms with Gasteiger partial charge in [0, 0.05) is 23.7 Å². The molecule has 0 atom stereocenters. The third kappa shape index (κ3) is 5.16. The molecular weight excluding hydrogens is 522 g/mol. The van der Waals surface area contributed by atoms with Gasteiger partial charge in [-0.25, -0.2) is 15.0 Å². The van der Waals surface area contributed by atoms with Crippen LogP contribution in [0.4, 0.5) is 0 Å². The van der Waals surface area contributed by atoms with Crippen molar-refractivity contribution in [1.82, 2.24) is 24.5 Å². The summed E-state index contributed by atoms with van der Waals surface area (Å²) in [6, 6.07) is 11.4. The molecule has 36 heavy (non-hydrogen) atoms. The average Bonchev–Trinajstić information content (AvgIpc) is 2.87. The number of methoxy groups -OCH3 is 1. The largest absolute Gasteiger partial charge is 0.481 e. The van der Waals surface area contributed by atoms with Crippen molar-refractivity contribution in [3.63, 3.8) is 0 Å². The van der Waals surface area contributed by atoms with Crippen LogP contribution in [0.2, 0.25) is 0 Å². The lowest BCUT2D eigenvalue weighted by Gasteiger charge is -2.17. The van der Waals surface area contributed by atoms with Crippen LogP contribution in [-0.4, -0.2) is 31.6 Å². The summed E-state index contributed by atoms with van der Waals surface area (Å²) in [4.78, 5) is 31.6. The van der Waals surface area contributed by atoms with Crippen LogP contribution in [0.3, 0.4) is 0 Å². The molecular formula is C27H28BrN5O3. The van der Waals surface area contributed by atoms with Crippen LogP contribution in [-0.2, 0) is 6.61 Å². The highest BCUT2D eigenvalue weighted by atomic mass is 79.9. The number of halogens is 1. The third-order valence-corrected chi connectivity index (χ3v) is 6.42. The number of rotatable bonds is 7. The van der Waals surface area contributed by atoms with E-state index in [1.807, 2.05) is 50.4 Å². The molecule has 0 spiro atoms. The normalized spacial score (nSPS) is 11.1. The molecule has 0 aliphatic heterocycles. The number of aromatic nitrogens is 5. The van der Waals surface area contributed by atoms with Crippen molar-refractivity contribution in [1.29, 1.82) is 0 Å². The van der Waals surface area contributed by atoms with Gasteiger partial charge in [0.15, 0.2) is 0 Å². The monoisotopic (exact) mass is 549 g/mol. The van der Waals surface area contributed by atoms with Gasteiger partial charge in [-0.15, -0.1) is 0 Å². The van der Waals surface area contributed by atoms with Crippen molar-refractivity contribution in [2.75, 3.05) is 7.11 Å². The van der Waals surface area contributed by atoms with Gasteiger partial charge in [0.2, 0.25) is 11.8 Å². The van der Waals surface area contributed by atoms with Crippen molar-refractivity contribution in [3.05, 3.63) is 85.9 Å². The van der Waals surface area contributed by atoms with E-state index in [1.54, 1.807) is 24.7 Å². The van der Waals surface area contributed by atoms with E-state index in [0.717, 1.165) is 33.9 Å². The Balaban J connectivity index is 1.73. The smallest absolute Gasteiger partial charge is 0.276 e. The highest BCUT2D eigenvalue weighted by Gasteiger charge is 2.18. The SMILES string of the molecule is COc1cccc(COc2nc(C)n(-c3cc(-c4nc(C(C)C)ncc4C)ccc3C)c(=O)c2Br)n1. The summed E-state index contributed by atoms with van der Waals surface area (Å²) in [5, 5.41) is 0. The molecule has 186 valence electrons. The van der Waals surface area contributed by atoms with E-state index < -0.39 is 0 Å². The van der Waals surface area contributed by atoms with Gasteiger partial charge < -0.3 is 9.47 Å². The van der Waals surface area contributed by atoms with Gasteiger partial charge >= 0.3 is 0 Å². The minimum Gasteiger partial charge on any atom is -0.481 e. The van der Waals surface area contributed by atoms with Crippen LogP contribution in [0.5, 0.6) is 11.8 Å². The first-order chi connectivity index (χ1) is 17.2. The van der Waals surface area contributed by atoms with Gasteiger partial charge in [-0.2, -0.15) is 4.98 Å². The Kier molecular flexibility index (Phi) is 7.49. The van der Waals surface area contributed by atoms with Crippen LogP contribution in [0, 0.1) is 20.8 Å². The molecule has 3 heterocycles. The number of aryl methyl sites for hydroxylation is 3. The molecule has 0 saturated heterocycles. The molecule has 1 aromatic carbocycles. The molecule has 0 amide bonds. The number of ether oxygens (including phenoxy) is 2. The molecule has 0 aliphatic carbocycles. The van der Waals surface area contributed by atoms with Crippen LogP contribution in [0.25, 0.3) is 16.9 Å². The zero-order valence-corrected chi connectivity index (χ0v) is 22.8. The molecule has 0 saturated carbocycles. The Morgan fingerprint density at radius 1 is 1.03 bits per heavy atom. The van der Waals surface area contributed by atoms with Gasteiger partial charge in [-0.1, -0.05) is 32.0 Å². The maximum atomic E-state index is 13.5. The van der Waals surface area contributed by atoms with Gasteiger partial charge in [0.05, 0.1) is 24.2 Å². The highest BCUT2D eigenvalue weighted by Crippen LogP contribution is 2.28. The second-order valence-electron chi connectivity index (χ2n) is 8.79. The topological polar surface area (TPSA) is 92.0 Å². The fraction of sp³-hybridized carbons (Fsp3) is 0.296. The van der Waals surface area contributed by atoms with Gasteiger partial charge in [-0.3, -0.25) is 9.36 Å². The number of pyridine rings is 1. The second-order valence-corrected chi connectivity index (χ2v) is 9.59. The molecule has 0 bridgehead atoms. The zero-order chi connectivity index (χ0) is 26.0.